The van der Waals surface area contributed by atoms with E-state index in [4.69, 9.17) is 33.9 Å². The van der Waals surface area contributed by atoms with Gasteiger partial charge in [0.1, 0.15) is 35.3 Å². The monoisotopic (exact) mass is 1740 g/mol. The molecule has 3 amide bonds. The van der Waals surface area contributed by atoms with Crippen LogP contribution in [0.25, 0.3) is 79.5 Å². The molecule has 0 N–H and O–H groups in total. The molecule has 0 spiro atoms. The molecule has 32 nitrogen and oxygen atoms in total. The summed E-state index contributed by atoms with van der Waals surface area (Å²) in [5.74, 6) is 4.52. The van der Waals surface area contributed by atoms with Crippen LogP contribution in [-0.2, 0) is 71.6 Å². The minimum absolute atomic E-state index is 0.00817. The van der Waals surface area contributed by atoms with Gasteiger partial charge in [0.25, 0.3) is 0 Å². The number of rotatable bonds is 25. The van der Waals surface area contributed by atoms with Gasteiger partial charge in [-0.05, 0) is 156 Å². The first kappa shape index (κ1) is 85.7. The number of methoxy groups -OCH3 is 1. The molecular weight excluding hydrogens is 1660 g/mol. The zero-order valence-corrected chi connectivity index (χ0v) is 71.0. The second-order valence-corrected chi connectivity index (χ2v) is 30.4. The number of alkyl halides is 3. The quantitative estimate of drug-likeness (QED) is 0.0480. The van der Waals surface area contributed by atoms with E-state index in [1.54, 1.807) is 120 Å². The van der Waals surface area contributed by atoms with E-state index in [1.807, 2.05) is 196 Å². The van der Waals surface area contributed by atoms with Gasteiger partial charge in [0.15, 0.2) is 35.6 Å². The smallest absolute Gasteiger partial charge is 0.422 e. The summed E-state index contributed by atoms with van der Waals surface area (Å²) in [6.07, 6.45) is 23.9. The van der Waals surface area contributed by atoms with Crippen molar-refractivity contribution in [3.8, 4) is 85.8 Å². The number of para-hydroxylation sites is 1. The SMILES string of the molecule is CC(C)c1ccncc1-c1ncc2c(n1)n(Cc1ccc(-n3cccn3)cc1)c(=O)n2C.CCOc1ncccc1-c1ncc2c(n1)N(Cc1ccc(-n3cccn3)cc1)C(=O)C2.COCCOc1ccccc1-c1ncc2c(n1)N(Cc1ccc(-n3cccn3)cc1)C(=O)C2.O=C1Cc2cnc(-c3cccnc3OCC(F)(F)F)nc2N1Cc1ccc(-n2cccn2)cc1. The Morgan fingerprint density at radius 1 is 0.408 bits per heavy atom. The van der Waals surface area contributed by atoms with Gasteiger partial charge in [-0.2, -0.15) is 33.6 Å². The Morgan fingerprint density at radius 2 is 0.815 bits per heavy atom. The Balaban J connectivity index is 0.000000122. The van der Waals surface area contributed by atoms with E-state index in [-0.39, 0.29) is 53.6 Å². The predicted octanol–water partition coefficient (Wildman–Crippen LogP) is 14.0. The van der Waals surface area contributed by atoms with Crippen LogP contribution in [0.4, 0.5) is 30.6 Å². The van der Waals surface area contributed by atoms with Crippen LogP contribution in [0.3, 0.4) is 0 Å². The summed E-state index contributed by atoms with van der Waals surface area (Å²) in [4.78, 5) is 105. The largest absolute Gasteiger partial charge is 0.490 e. The lowest BCUT2D eigenvalue weighted by molar-refractivity contribution is -0.154. The Morgan fingerprint density at radius 3 is 1.23 bits per heavy atom. The van der Waals surface area contributed by atoms with Crippen molar-refractivity contribution in [2.75, 3.05) is 48.2 Å². The van der Waals surface area contributed by atoms with Crippen molar-refractivity contribution in [1.29, 1.82) is 0 Å². The summed E-state index contributed by atoms with van der Waals surface area (Å²) in [5, 5.41) is 16.9. The van der Waals surface area contributed by atoms with E-state index >= 15 is 0 Å². The highest BCUT2D eigenvalue weighted by Gasteiger charge is 2.35. The van der Waals surface area contributed by atoms with Crippen LogP contribution >= 0.6 is 0 Å². The number of ether oxygens (including phenoxy) is 4. The molecule has 0 atom stereocenters. The first-order valence-electron chi connectivity index (χ1n) is 41.5. The number of hydrogen-bond donors (Lipinski definition) is 0. The van der Waals surface area contributed by atoms with Gasteiger partial charge in [-0.1, -0.05) is 74.5 Å². The fraction of sp³-hybridized carbons (Fsp3) is 0.189. The maximum absolute atomic E-state index is 13.0. The number of halogens is 3. The zero-order valence-electron chi connectivity index (χ0n) is 71.0. The van der Waals surface area contributed by atoms with E-state index in [9.17, 15) is 32.3 Å². The third-order valence-corrected chi connectivity index (χ3v) is 21.4. The third-order valence-electron chi connectivity index (χ3n) is 21.4. The highest BCUT2D eigenvalue weighted by molar-refractivity contribution is 6.02. The first-order valence-corrected chi connectivity index (χ1v) is 41.5. The summed E-state index contributed by atoms with van der Waals surface area (Å²) in [7, 11) is 3.38. The van der Waals surface area contributed by atoms with Gasteiger partial charge in [-0.3, -0.25) is 43.2 Å². The molecule has 5 aromatic carbocycles. The van der Waals surface area contributed by atoms with Gasteiger partial charge >= 0.3 is 11.9 Å². The van der Waals surface area contributed by atoms with Crippen LogP contribution in [0.5, 0.6) is 17.5 Å². The molecule has 35 heteroatoms. The number of aromatic nitrogens is 21. The van der Waals surface area contributed by atoms with Gasteiger partial charge in [0, 0.05) is 129 Å². The van der Waals surface area contributed by atoms with E-state index in [0.29, 0.717) is 127 Å². The molecule has 0 unspecified atom stereocenters. The molecule has 0 aliphatic carbocycles. The standard InChI is InChI=1S/C25H23N5O3.C24H23N7O.C23H17F3N6O2.C23H20N6O2/c1-32-13-14-33-22-6-3-2-5-21(22)24-26-16-19-15-23(31)29(25(19)28-24)17-18-7-9-20(10-8-18)30-12-4-11-27-30;1-16(2)19-9-11-25-13-20(19)22-26-14-21-23(28-22)30(24(32)29(21)3)15-17-5-7-18(8-6-17)31-12-4-10-27-31;24-23(25,26)14-34-22-18(3-1-8-27-22)20-28-12-16-11-19(33)31(21(16)30-20)13-15-4-6-17(7-5-15)32-10-2-9-29-32;1-2-31-23-19(5-3-10-24-23)21-25-14-17-13-20(30)28(22(17)27-21)15-16-6-8-18(9-7-16)29-12-4-11-26-29/h2-12,16H,13-15,17H2,1H3;4-14,16H,15H2,1-3H3;1-10,12H,11,13-14H2;3-12,14H,2,13,15H2,1H3. The lowest BCUT2D eigenvalue weighted by Gasteiger charge is -2.18. The summed E-state index contributed by atoms with van der Waals surface area (Å²) in [6.45, 7) is 7.65. The number of anilines is 3. The van der Waals surface area contributed by atoms with Crippen LogP contribution in [0, 0.1) is 0 Å². The van der Waals surface area contributed by atoms with Crippen LogP contribution in [-0.4, -0.2) is 161 Å². The normalized spacial score (nSPS) is 12.6. The maximum atomic E-state index is 13.0. The van der Waals surface area contributed by atoms with Crippen molar-refractivity contribution in [2.45, 2.75) is 78.3 Å². The van der Waals surface area contributed by atoms with Gasteiger partial charge in [0.2, 0.25) is 29.5 Å². The summed E-state index contributed by atoms with van der Waals surface area (Å²) in [5.41, 5.74) is 14.8. The number of fused-ring (bicyclic) bond motifs is 4. The number of hydrogen-bond acceptors (Lipinski definition) is 23. The molecule has 0 radical (unpaired) electrons. The molecular formula is C95H83F3N24O8. The average Bonchev–Trinajstić information content (AvgIpc) is 1.61. The van der Waals surface area contributed by atoms with Gasteiger partial charge < -0.3 is 18.9 Å². The zero-order chi connectivity index (χ0) is 89.8. The Labute approximate surface area is 741 Å². The molecule has 130 heavy (non-hydrogen) atoms. The first-order chi connectivity index (χ1) is 63.3. The van der Waals surface area contributed by atoms with Crippen LogP contribution < -0.4 is 34.6 Å². The van der Waals surface area contributed by atoms with Crippen molar-refractivity contribution in [1.82, 2.24) is 103 Å². The Bertz CT molecular complexity index is 6900. The van der Waals surface area contributed by atoms with Crippen LogP contribution in [0.1, 0.15) is 71.2 Å². The molecule has 0 saturated heterocycles. The number of amides is 3. The van der Waals surface area contributed by atoms with Crippen molar-refractivity contribution in [2.24, 2.45) is 7.05 Å². The maximum Gasteiger partial charge on any atom is 0.422 e. The van der Waals surface area contributed by atoms with Gasteiger partial charge in [-0.15, -0.1) is 0 Å². The molecule has 3 aliphatic heterocycles. The molecule has 17 aromatic rings. The number of aryl methyl sites for hydroxylation is 1. The van der Waals surface area contributed by atoms with Crippen molar-refractivity contribution in [3.05, 3.63) is 330 Å². The molecule has 15 heterocycles. The minimum atomic E-state index is -4.51. The highest BCUT2D eigenvalue weighted by Crippen LogP contribution is 2.38. The Hall–Kier alpha value is -16.5. The van der Waals surface area contributed by atoms with E-state index < -0.39 is 12.8 Å². The Kier molecular flexibility index (Phi) is 25.4. The molecule has 12 aromatic heterocycles. The van der Waals surface area contributed by atoms with Crippen molar-refractivity contribution < 1.29 is 46.5 Å². The van der Waals surface area contributed by atoms with Crippen molar-refractivity contribution >= 4 is 46.3 Å². The fourth-order valence-corrected chi connectivity index (χ4v) is 14.9. The molecule has 3 aliphatic rings. The minimum Gasteiger partial charge on any atom is -0.490 e. The third kappa shape index (κ3) is 19.3. The number of carbonyl (C=O) groups excluding carboxylic acids is 3. The molecule has 0 fully saturated rings. The van der Waals surface area contributed by atoms with Gasteiger partial charge in [-0.25, -0.2) is 73.4 Å². The van der Waals surface area contributed by atoms with E-state index in [2.05, 4.69) is 74.1 Å². The lowest BCUT2D eigenvalue weighted by Crippen LogP contribution is -2.26. The number of carbonyl (C=O) groups is 3. The number of pyridine rings is 3. The molecule has 0 saturated carbocycles. The van der Waals surface area contributed by atoms with Crippen LogP contribution in [0.2, 0.25) is 0 Å². The van der Waals surface area contributed by atoms with E-state index in [1.165, 1.54) is 23.4 Å². The summed E-state index contributed by atoms with van der Waals surface area (Å²) >= 11 is 0. The van der Waals surface area contributed by atoms with Gasteiger partial charge in [0.05, 0.1) is 104 Å². The van der Waals surface area contributed by atoms with Crippen molar-refractivity contribution in [3.63, 3.8) is 0 Å². The second-order valence-electron chi connectivity index (χ2n) is 30.4. The summed E-state index contributed by atoms with van der Waals surface area (Å²) in [6, 6.07) is 55.4. The lowest BCUT2D eigenvalue weighted by atomic mass is 9.99. The fourth-order valence-electron chi connectivity index (χ4n) is 14.9. The average molecular weight is 1750 g/mol. The molecule has 20 rings (SSSR count). The number of nitrogens with zero attached hydrogens (tertiary/aromatic N) is 24. The second kappa shape index (κ2) is 38.6. The number of imidazole rings is 1. The topological polar surface area (TPSA) is 338 Å². The highest BCUT2D eigenvalue weighted by atomic mass is 19.4. The molecule has 652 valence electrons. The predicted molar refractivity (Wildman–Crippen MR) is 476 cm³/mol. The molecule has 0 bridgehead atoms. The van der Waals surface area contributed by atoms with E-state index in [0.717, 1.165) is 72.8 Å². The number of benzene rings is 5. The summed E-state index contributed by atoms with van der Waals surface area (Å²) < 4.78 is 69.7. The van der Waals surface area contributed by atoms with Crippen LogP contribution in [0.15, 0.2) is 280 Å².